The molecule has 5 amide bonds. The van der Waals surface area contributed by atoms with E-state index in [0.717, 1.165) is 44.4 Å². The van der Waals surface area contributed by atoms with E-state index in [1.165, 1.54) is 12.8 Å². The molecule has 3 aliphatic heterocycles. The maximum absolute atomic E-state index is 12.7. The quantitative estimate of drug-likeness (QED) is 0.0782. The smallest absolute Gasteiger partial charge is 0.335 e. The number of hydrogen-bond acceptors (Lipinski definition) is 11. The van der Waals surface area contributed by atoms with Crippen LogP contribution in [0.15, 0.2) is 0 Å². The van der Waals surface area contributed by atoms with Crippen LogP contribution >= 0.6 is 11.8 Å². The zero-order valence-corrected chi connectivity index (χ0v) is 28.9. The van der Waals surface area contributed by atoms with Crippen LogP contribution in [0.5, 0.6) is 0 Å². The molecular formula is C32H54N4O10S. The summed E-state index contributed by atoms with van der Waals surface area (Å²) >= 11 is 1.95. The van der Waals surface area contributed by atoms with Crippen molar-refractivity contribution in [3.63, 3.8) is 0 Å². The molecule has 0 saturated carbocycles. The van der Waals surface area contributed by atoms with Crippen LogP contribution in [0.3, 0.4) is 0 Å². The monoisotopic (exact) mass is 686 g/mol. The number of carbonyl (C=O) groups excluding carboxylic acids is 5. The number of ether oxygens (including phenoxy) is 4. The Kier molecular flexibility index (Phi) is 17.8. The summed E-state index contributed by atoms with van der Waals surface area (Å²) in [6.07, 6.45) is 7.92. The van der Waals surface area contributed by atoms with Crippen molar-refractivity contribution >= 4 is 41.5 Å². The molecule has 3 aliphatic rings. The van der Waals surface area contributed by atoms with Gasteiger partial charge >= 0.3 is 12.0 Å². The summed E-state index contributed by atoms with van der Waals surface area (Å²) in [5.74, 6) is -0.759. The first kappa shape index (κ1) is 39.0. The molecule has 0 aromatic carbocycles. The van der Waals surface area contributed by atoms with E-state index in [9.17, 15) is 24.0 Å². The molecule has 3 atom stereocenters. The molecule has 268 valence electrons. The number of imide groups is 1. The third-order valence-corrected chi connectivity index (χ3v) is 10.0. The van der Waals surface area contributed by atoms with Crippen LogP contribution in [0.2, 0.25) is 0 Å². The highest BCUT2D eigenvalue weighted by molar-refractivity contribution is 8.00. The van der Waals surface area contributed by atoms with Gasteiger partial charge in [-0.25, -0.2) is 9.59 Å². The van der Waals surface area contributed by atoms with Gasteiger partial charge in [0.25, 0.3) is 11.8 Å². The molecule has 0 unspecified atom stereocenters. The van der Waals surface area contributed by atoms with E-state index in [2.05, 4.69) is 29.4 Å². The normalized spacial score (nSPS) is 22.2. The number of unbranched alkanes of at least 4 members (excludes halogenated alkanes) is 4. The molecule has 47 heavy (non-hydrogen) atoms. The van der Waals surface area contributed by atoms with Crippen LogP contribution in [-0.2, 0) is 43.0 Å². The molecule has 15 heteroatoms. The van der Waals surface area contributed by atoms with Gasteiger partial charge in [0.05, 0.1) is 70.9 Å². The van der Waals surface area contributed by atoms with Crippen molar-refractivity contribution in [1.82, 2.24) is 20.6 Å². The summed E-state index contributed by atoms with van der Waals surface area (Å²) < 4.78 is 21.7. The first-order chi connectivity index (χ1) is 22.7. The number of hydroxylamine groups is 2. The topological polar surface area (TPSA) is 162 Å². The fraction of sp³-hybridized carbons (Fsp3) is 0.844. The Morgan fingerprint density at radius 2 is 1.49 bits per heavy atom. The van der Waals surface area contributed by atoms with Gasteiger partial charge in [0.15, 0.2) is 0 Å². The van der Waals surface area contributed by atoms with Crippen LogP contribution in [-0.4, -0.2) is 128 Å². The van der Waals surface area contributed by atoms with Gasteiger partial charge < -0.3 is 39.3 Å². The predicted molar refractivity (Wildman–Crippen MR) is 174 cm³/mol. The van der Waals surface area contributed by atoms with Crippen LogP contribution in [0, 0.1) is 0 Å². The van der Waals surface area contributed by atoms with Crippen molar-refractivity contribution < 1.29 is 47.8 Å². The minimum atomic E-state index is -0.702. The van der Waals surface area contributed by atoms with E-state index in [-0.39, 0.29) is 56.0 Å². The average Bonchev–Trinajstić information content (AvgIpc) is 3.62. The largest absolute Gasteiger partial charge is 0.378 e. The summed E-state index contributed by atoms with van der Waals surface area (Å²) in [4.78, 5) is 66.2. The number of amides is 5. The van der Waals surface area contributed by atoms with Gasteiger partial charge in [0.2, 0.25) is 5.91 Å². The molecule has 0 aromatic rings. The summed E-state index contributed by atoms with van der Waals surface area (Å²) in [6, 6.07) is 0.307. The maximum Gasteiger partial charge on any atom is 0.335 e. The van der Waals surface area contributed by atoms with Gasteiger partial charge in [-0.2, -0.15) is 11.8 Å². The number of nitrogens with zero attached hydrogens (tertiary/aromatic N) is 2. The fourth-order valence-electron chi connectivity index (χ4n) is 5.86. The van der Waals surface area contributed by atoms with Crippen molar-refractivity contribution in [2.24, 2.45) is 0 Å². The lowest BCUT2D eigenvalue weighted by molar-refractivity contribution is -0.198. The zero-order chi connectivity index (χ0) is 33.9. The molecular weight excluding hydrogens is 632 g/mol. The van der Waals surface area contributed by atoms with Crippen LogP contribution in [0.4, 0.5) is 4.79 Å². The SMILES string of the molecule is CCCCCCN1C(=O)N[C@@]2(C)CS[C@@H](CCCCC(=O)NCCOCCOCCOCCOCCC(=O)ON3C(=O)CCC3=O)[C@@H]12. The Morgan fingerprint density at radius 1 is 0.851 bits per heavy atom. The Balaban J connectivity index is 1.07. The molecule has 0 aliphatic carbocycles. The van der Waals surface area contributed by atoms with Crippen LogP contribution in [0.1, 0.15) is 84.5 Å². The van der Waals surface area contributed by atoms with Gasteiger partial charge in [-0.3, -0.25) is 14.4 Å². The summed E-state index contributed by atoms with van der Waals surface area (Å²) in [7, 11) is 0. The lowest BCUT2D eigenvalue weighted by atomic mass is 9.90. The molecule has 0 bridgehead atoms. The van der Waals surface area contributed by atoms with E-state index in [1.807, 2.05) is 11.8 Å². The molecule has 2 N–H and O–H groups in total. The average molecular weight is 687 g/mol. The molecule has 0 radical (unpaired) electrons. The van der Waals surface area contributed by atoms with Crippen LogP contribution in [0.25, 0.3) is 0 Å². The second kappa shape index (κ2) is 21.5. The van der Waals surface area contributed by atoms with E-state index in [0.29, 0.717) is 62.9 Å². The van der Waals surface area contributed by atoms with Gasteiger partial charge in [0.1, 0.15) is 0 Å². The second-order valence-corrected chi connectivity index (χ2v) is 13.5. The highest BCUT2D eigenvalue weighted by Gasteiger charge is 2.55. The standard InChI is InChI=1S/C32H54N4O10S/c1-3-4-5-8-15-35-30-25(47-24-32(30,2)34-31(35)41)9-6-7-10-26(37)33-14-17-43-19-21-45-23-22-44-20-18-42-16-13-29(40)46-36-27(38)11-12-28(36)39/h25,30H,3-24H2,1-2H3,(H,33,37)(H,34,41)/t25-,30+,32-/m0/s1. The van der Waals surface area contributed by atoms with E-state index in [4.69, 9.17) is 23.8 Å². The molecule has 14 nitrogen and oxygen atoms in total. The maximum atomic E-state index is 12.7. The van der Waals surface area contributed by atoms with E-state index >= 15 is 0 Å². The van der Waals surface area contributed by atoms with Gasteiger partial charge in [0, 0.05) is 43.4 Å². The Labute approximate surface area is 282 Å². The third kappa shape index (κ3) is 13.5. The number of nitrogens with one attached hydrogen (secondary N) is 2. The number of urea groups is 1. The zero-order valence-electron chi connectivity index (χ0n) is 28.1. The van der Waals surface area contributed by atoms with Crippen molar-refractivity contribution in [1.29, 1.82) is 0 Å². The number of hydrogen-bond donors (Lipinski definition) is 2. The van der Waals surface area contributed by atoms with Gasteiger partial charge in [-0.05, 0) is 26.2 Å². The van der Waals surface area contributed by atoms with E-state index in [1.54, 1.807) is 0 Å². The highest BCUT2D eigenvalue weighted by atomic mass is 32.2. The fourth-order valence-corrected chi connectivity index (χ4v) is 7.63. The lowest BCUT2D eigenvalue weighted by Crippen LogP contribution is -2.48. The third-order valence-electron chi connectivity index (χ3n) is 8.32. The summed E-state index contributed by atoms with van der Waals surface area (Å²) in [5, 5.41) is 7.07. The Bertz CT molecular complexity index is 1000. The summed E-state index contributed by atoms with van der Waals surface area (Å²) in [6.45, 7) is 8.35. The predicted octanol–water partition coefficient (Wildman–Crippen LogP) is 2.57. The van der Waals surface area contributed by atoms with Crippen LogP contribution < -0.4 is 10.6 Å². The highest BCUT2D eigenvalue weighted by Crippen LogP contribution is 2.43. The van der Waals surface area contributed by atoms with Crippen molar-refractivity contribution in [3.8, 4) is 0 Å². The number of fused-ring (bicyclic) bond motifs is 1. The van der Waals surface area contributed by atoms with Crippen molar-refractivity contribution in [2.75, 3.05) is 71.7 Å². The molecule has 3 rings (SSSR count). The number of rotatable bonds is 26. The van der Waals surface area contributed by atoms with Crippen molar-refractivity contribution in [2.45, 2.75) is 101 Å². The number of carbonyl (C=O) groups is 5. The van der Waals surface area contributed by atoms with Gasteiger partial charge in [-0.15, -0.1) is 5.06 Å². The molecule has 0 aromatic heterocycles. The number of thioether (sulfide) groups is 1. The minimum absolute atomic E-state index is 0.0279. The lowest BCUT2D eigenvalue weighted by Gasteiger charge is -2.30. The molecule has 3 saturated heterocycles. The second-order valence-electron chi connectivity index (χ2n) is 12.2. The summed E-state index contributed by atoms with van der Waals surface area (Å²) in [5.41, 5.74) is -0.158. The van der Waals surface area contributed by atoms with Gasteiger partial charge in [-0.1, -0.05) is 32.6 Å². The Hall–Kier alpha value is -2.46. The van der Waals surface area contributed by atoms with Crippen molar-refractivity contribution in [3.05, 3.63) is 0 Å². The van der Waals surface area contributed by atoms with E-state index < -0.39 is 17.8 Å². The first-order valence-electron chi connectivity index (χ1n) is 17.1. The first-order valence-corrected chi connectivity index (χ1v) is 18.1. The molecule has 0 spiro atoms. The molecule has 3 fully saturated rings. The molecule has 3 heterocycles. The Morgan fingerprint density at radius 3 is 2.15 bits per heavy atom. The minimum Gasteiger partial charge on any atom is -0.378 e.